The minimum absolute atomic E-state index is 0.0605. The molecule has 1 aliphatic carbocycles. The van der Waals surface area contributed by atoms with E-state index < -0.39 is 5.60 Å². The third-order valence-corrected chi connectivity index (χ3v) is 4.10. The molecule has 0 spiro atoms. The summed E-state index contributed by atoms with van der Waals surface area (Å²) in [7, 11) is 1.91. The van der Waals surface area contributed by atoms with Crippen molar-refractivity contribution in [3.8, 4) is 0 Å². The highest BCUT2D eigenvalue weighted by Crippen LogP contribution is 2.29. The molecule has 0 aliphatic heterocycles. The second-order valence-corrected chi connectivity index (χ2v) is 7.04. The lowest BCUT2D eigenvalue weighted by molar-refractivity contribution is -0.123. The molecular weight excluding hydrogens is 252 g/mol. The Labute approximate surface area is 123 Å². The topological polar surface area (TPSA) is 52.6 Å². The molecule has 0 saturated heterocycles. The Morgan fingerprint density at radius 1 is 1.25 bits per heavy atom. The minimum atomic E-state index is -0.571. The van der Waals surface area contributed by atoms with Crippen LogP contribution in [0.5, 0.6) is 0 Å². The fourth-order valence-corrected chi connectivity index (χ4v) is 2.97. The Morgan fingerprint density at radius 2 is 1.85 bits per heavy atom. The number of aliphatic hydroxyl groups is 1. The zero-order chi connectivity index (χ0) is 15.2. The first-order chi connectivity index (χ1) is 9.31. The molecule has 1 fully saturated rings. The van der Waals surface area contributed by atoms with E-state index in [1.165, 1.54) is 0 Å². The Bertz CT molecular complexity index is 299. The van der Waals surface area contributed by atoms with Crippen molar-refractivity contribution in [1.29, 1.82) is 0 Å². The standard InChI is InChI=1S/C16H32N2O2/c1-13(2)7-8-14(3)17-15(19)11-18(4)12-16(20)9-5-6-10-16/h13-14,20H,5-12H2,1-4H3,(H,17,19). The second-order valence-electron chi connectivity index (χ2n) is 7.04. The molecule has 1 saturated carbocycles. The van der Waals surface area contributed by atoms with Gasteiger partial charge < -0.3 is 10.4 Å². The van der Waals surface area contributed by atoms with Gasteiger partial charge in [-0.25, -0.2) is 0 Å². The lowest BCUT2D eigenvalue weighted by atomic mass is 10.0. The molecule has 0 bridgehead atoms. The molecule has 1 atom stereocenters. The van der Waals surface area contributed by atoms with Crippen molar-refractivity contribution < 1.29 is 9.90 Å². The number of hydrogen-bond acceptors (Lipinski definition) is 3. The molecule has 0 heterocycles. The van der Waals surface area contributed by atoms with Gasteiger partial charge in [0.15, 0.2) is 0 Å². The minimum Gasteiger partial charge on any atom is -0.389 e. The fraction of sp³-hybridized carbons (Fsp3) is 0.938. The Kier molecular flexibility index (Phi) is 6.96. The van der Waals surface area contributed by atoms with Crippen LogP contribution in [0.1, 0.15) is 59.3 Å². The van der Waals surface area contributed by atoms with Gasteiger partial charge in [0.05, 0.1) is 12.1 Å². The van der Waals surface area contributed by atoms with Crippen molar-refractivity contribution in [3.05, 3.63) is 0 Å². The Hall–Kier alpha value is -0.610. The molecule has 0 aromatic rings. The average Bonchev–Trinajstić information content (AvgIpc) is 2.72. The van der Waals surface area contributed by atoms with Crippen molar-refractivity contribution in [2.75, 3.05) is 20.1 Å². The lowest BCUT2D eigenvalue weighted by Crippen LogP contribution is -2.45. The zero-order valence-corrected chi connectivity index (χ0v) is 13.6. The van der Waals surface area contributed by atoms with Gasteiger partial charge in [-0.2, -0.15) is 0 Å². The normalized spacial score (nSPS) is 19.6. The van der Waals surface area contributed by atoms with Gasteiger partial charge in [0.1, 0.15) is 0 Å². The van der Waals surface area contributed by atoms with Crippen molar-refractivity contribution >= 4 is 5.91 Å². The van der Waals surface area contributed by atoms with Gasteiger partial charge in [0.25, 0.3) is 0 Å². The fourth-order valence-electron chi connectivity index (χ4n) is 2.97. The number of likely N-dealkylation sites (N-methyl/N-ethyl adjacent to an activating group) is 1. The van der Waals surface area contributed by atoms with Gasteiger partial charge in [0, 0.05) is 12.6 Å². The molecule has 0 radical (unpaired) electrons. The highest BCUT2D eigenvalue weighted by Gasteiger charge is 2.32. The van der Waals surface area contributed by atoms with E-state index in [0.717, 1.165) is 38.5 Å². The summed E-state index contributed by atoms with van der Waals surface area (Å²) in [5.74, 6) is 0.735. The molecule has 1 aliphatic rings. The third kappa shape index (κ3) is 6.71. The maximum Gasteiger partial charge on any atom is 0.234 e. The molecular formula is C16H32N2O2. The summed E-state index contributed by atoms with van der Waals surface area (Å²) in [6.07, 6.45) is 6.09. The summed E-state index contributed by atoms with van der Waals surface area (Å²) in [6, 6.07) is 0.230. The first-order valence-corrected chi connectivity index (χ1v) is 8.01. The smallest absolute Gasteiger partial charge is 0.234 e. The summed E-state index contributed by atoms with van der Waals surface area (Å²) in [5, 5.41) is 13.4. The van der Waals surface area contributed by atoms with Crippen LogP contribution in [0, 0.1) is 5.92 Å². The number of carbonyl (C=O) groups excluding carboxylic acids is 1. The SMILES string of the molecule is CC(C)CCC(C)NC(=O)CN(C)CC1(O)CCCC1. The molecule has 1 rings (SSSR count). The number of carbonyl (C=O) groups is 1. The van der Waals surface area contributed by atoms with Crippen LogP contribution in [0.4, 0.5) is 0 Å². The third-order valence-electron chi connectivity index (χ3n) is 4.10. The van der Waals surface area contributed by atoms with E-state index in [1.54, 1.807) is 0 Å². The Balaban J connectivity index is 2.23. The largest absolute Gasteiger partial charge is 0.389 e. The van der Waals surface area contributed by atoms with Gasteiger partial charge in [-0.15, -0.1) is 0 Å². The summed E-state index contributed by atoms with van der Waals surface area (Å²) in [4.78, 5) is 13.9. The maximum absolute atomic E-state index is 12.0. The molecule has 4 nitrogen and oxygen atoms in total. The molecule has 1 amide bonds. The maximum atomic E-state index is 12.0. The van der Waals surface area contributed by atoms with E-state index in [-0.39, 0.29) is 11.9 Å². The monoisotopic (exact) mass is 284 g/mol. The highest BCUT2D eigenvalue weighted by molar-refractivity contribution is 5.78. The highest BCUT2D eigenvalue weighted by atomic mass is 16.3. The number of amides is 1. The van der Waals surface area contributed by atoms with E-state index >= 15 is 0 Å². The van der Waals surface area contributed by atoms with Crippen molar-refractivity contribution in [2.45, 2.75) is 70.9 Å². The molecule has 0 aromatic heterocycles. The molecule has 20 heavy (non-hydrogen) atoms. The van der Waals surface area contributed by atoms with Crippen LogP contribution in [-0.2, 0) is 4.79 Å². The molecule has 4 heteroatoms. The van der Waals surface area contributed by atoms with Crippen molar-refractivity contribution in [2.24, 2.45) is 5.92 Å². The van der Waals surface area contributed by atoms with Gasteiger partial charge in [-0.1, -0.05) is 26.7 Å². The van der Waals surface area contributed by atoms with Crippen LogP contribution in [0.15, 0.2) is 0 Å². The van der Waals surface area contributed by atoms with E-state index in [2.05, 4.69) is 26.1 Å². The molecule has 1 unspecified atom stereocenters. The van der Waals surface area contributed by atoms with Crippen LogP contribution in [0.25, 0.3) is 0 Å². The molecule has 2 N–H and O–H groups in total. The molecule has 118 valence electrons. The predicted molar refractivity (Wildman–Crippen MR) is 82.6 cm³/mol. The summed E-state index contributed by atoms with van der Waals surface area (Å²) in [5.41, 5.74) is -0.571. The number of nitrogens with zero attached hydrogens (tertiary/aromatic N) is 1. The number of rotatable bonds is 8. The zero-order valence-electron chi connectivity index (χ0n) is 13.6. The van der Waals surface area contributed by atoms with E-state index in [0.29, 0.717) is 19.0 Å². The number of nitrogens with one attached hydrogen (secondary N) is 1. The number of hydrogen-bond donors (Lipinski definition) is 2. The van der Waals surface area contributed by atoms with Crippen LogP contribution in [0.3, 0.4) is 0 Å². The summed E-state index contributed by atoms with van der Waals surface area (Å²) >= 11 is 0. The Morgan fingerprint density at radius 3 is 2.40 bits per heavy atom. The summed E-state index contributed by atoms with van der Waals surface area (Å²) in [6.45, 7) is 7.43. The van der Waals surface area contributed by atoms with E-state index in [4.69, 9.17) is 0 Å². The summed E-state index contributed by atoms with van der Waals surface area (Å²) < 4.78 is 0. The van der Waals surface area contributed by atoms with E-state index in [9.17, 15) is 9.90 Å². The van der Waals surface area contributed by atoms with Gasteiger partial charge >= 0.3 is 0 Å². The van der Waals surface area contributed by atoms with Gasteiger partial charge in [0.2, 0.25) is 5.91 Å². The van der Waals surface area contributed by atoms with E-state index in [1.807, 2.05) is 11.9 Å². The van der Waals surface area contributed by atoms with Crippen molar-refractivity contribution in [1.82, 2.24) is 10.2 Å². The van der Waals surface area contributed by atoms with Crippen LogP contribution in [-0.4, -0.2) is 47.7 Å². The van der Waals surface area contributed by atoms with Crippen LogP contribution in [0.2, 0.25) is 0 Å². The van der Waals surface area contributed by atoms with Crippen molar-refractivity contribution in [3.63, 3.8) is 0 Å². The van der Waals surface area contributed by atoms with Gasteiger partial charge in [-0.3, -0.25) is 9.69 Å². The lowest BCUT2D eigenvalue weighted by Gasteiger charge is -2.28. The molecule has 0 aromatic carbocycles. The second kappa shape index (κ2) is 7.99. The average molecular weight is 284 g/mol. The quantitative estimate of drug-likeness (QED) is 0.718. The van der Waals surface area contributed by atoms with Gasteiger partial charge in [-0.05, 0) is 45.6 Å². The first-order valence-electron chi connectivity index (χ1n) is 8.01. The predicted octanol–water partition coefficient (Wildman–Crippen LogP) is 2.16. The van der Waals surface area contributed by atoms with Crippen LogP contribution < -0.4 is 5.32 Å². The first kappa shape index (κ1) is 17.4. The van der Waals surface area contributed by atoms with Crippen LogP contribution >= 0.6 is 0 Å².